The van der Waals surface area contributed by atoms with Gasteiger partial charge in [0.1, 0.15) is 0 Å². The minimum atomic E-state index is -4.01. The maximum Gasteiger partial charge on any atom is 0.203 e. The van der Waals surface area contributed by atoms with Crippen LogP contribution in [-0.2, 0) is 14.6 Å². The van der Waals surface area contributed by atoms with E-state index in [4.69, 9.17) is 0 Å². The van der Waals surface area contributed by atoms with E-state index in [9.17, 15) is 13.2 Å². The normalized spacial score (nSPS) is 17.4. The van der Waals surface area contributed by atoms with Gasteiger partial charge in [0.15, 0.2) is 16.9 Å². The molecule has 1 saturated heterocycles. The number of nitrogens with one attached hydrogen (secondary N) is 1. The van der Waals surface area contributed by atoms with Crippen LogP contribution in [0, 0.1) is 6.92 Å². The van der Waals surface area contributed by atoms with E-state index in [0.717, 1.165) is 27.5 Å². The van der Waals surface area contributed by atoms with Crippen LogP contribution in [0.4, 0.5) is 0 Å². The van der Waals surface area contributed by atoms with Crippen molar-refractivity contribution in [3.05, 3.63) is 162 Å². The second-order valence-corrected chi connectivity index (χ2v) is 15.8. The first-order chi connectivity index (χ1) is 23.3. The lowest BCUT2D eigenvalue weighted by atomic mass is 9.84. The van der Waals surface area contributed by atoms with Gasteiger partial charge in [-0.2, -0.15) is 0 Å². The lowest BCUT2D eigenvalue weighted by Crippen LogP contribution is -2.38. The first-order valence-electron chi connectivity index (χ1n) is 16.0. The van der Waals surface area contributed by atoms with Crippen LogP contribution in [0.1, 0.15) is 51.6 Å². The number of carbonyl (C=O) groups is 1. The topological polar surface area (TPSA) is 93.9 Å². The van der Waals surface area contributed by atoms with Crippen molar-refractivity contribution in [1.29, 1.82) is 0 Å². The summed E-state index contributed by atoms with van der Waals surface area (Å²) in [6.07, 6.45) is 0.547. The third-order valence-corrected chi connectivity index (χ3v) is 13.1. The van der Waals surface area contributed by atoms with Crippen molar-refractivity contribution in [2.45, 2.75) is 46.6 Å². The van der Waals surface area contributed by atoms with Gasteiger partial charge in [0.25, 0.3) is 0 Å². The van der Waals surface area contributed by atoms with Gasteiger partial charge in [0, 0.05) is 24.8 Å². The highest BCUT2D eigenvalue weighted by molar-refractivity contribution is 8.01. The lowest BCUT2D eigenvalue weighted by Gasteiger charge is -2.37. The zero-order valence-corrected chi connectivity index (χ0v) is 28.4. The van der Waals surface area contributed by atoms with Crippen LogP contribution in [0.3, 0.4) is 0 Å². The Kier molecular flexibility index (Phi) is 8.76. The van der Waals surface area contributed by atoms with Gasteiger partial charge in [0.05, 0.1) is 15.3 Å². The van der Waals surface area contributed by atoms with E-state index in [2.05, 4.69) is 88.4 Å². The molecule has 1 fully saturated rings. The van der Waals surface area contributed by atoms with Gasteiger partial charge in [-0.3, -0.25) is 4.79 Å². The molecule has 1 aliphatic heterocycles. The Hall–Kier alpha value is -4.57. The molecule has 7 nitrogen and oxygen atoms in total. The standard InChI is InChI=1S/C39H36N4O3S2/c1-27-37(28(2)44)41-42-43(27)38(48(45,46)35-23-22-29-14-12-13-15-30(29)24-35)36-25-34(26-40-36)47-39(31-16-6-3-7-17-31,32-18-8-4-9-19-32)33-20-10-5-11-21-33/h3-24,34,36,38,40H,25-26H2,1-2H3. The minimum absolute atomic E-state index is 0.0287. The highest BCUT2D eigenvalue weighted by atomic mass is 32.2. The molecule has 5 aromatic carbocycles. The Labute approximate surface area is 285 Å². The number of thioether (sulfide) groups is 1. The molecule has 3 unspecified atom stereocenters. The zero-order chi connectivity index (χ0) is 33.3. The predicted molar refractivity (Wildman–Crippen MR) is 192 cm³/mol. The summed E-state index contributed by atoms with van der Waals surface area (Å²) in [4.78, 5) is 12.6. The maximum absolute atomic E-state index is 14.7. The van der Waals surface area contributed by atoms with Crippen molar-refractivity contribution in [2.75, 3.05) is 6.54 Å². The Morgan fingerprint density at radius 2 is 1.35 bits per heavy atom. The fraction of sp³-hybridized carbons (Fsp3) is 0.205. The number of nitrogens with zero attached hydrogens (tertiary/aromatic N) is 3. The highest BCUT2D eigenvalue weighted by Gasteiger charge is 2.46. The van der Waals surface area contributed by atoms with Crippen LogP contribution >= 0.6 is 11.8 Å². The average molecular weight is 673 g/mol. The van der Waals surface area contributed by atoms with E-state index in [0.29, 0.717) is 18.7 Å². The molecule has 0 amide bonds. The van der Waals surface area contributed by atoms with Crippen molar-refractivity contribution < 1.29 is 13.2 Å². The van der Waals surface area contributed by atoms with E-state index >= 15 is 0 Å². The number of aromatic nitrogens is 3. The largest absolute Gasteiger partial charge is 0.310 e. The fourth-order valence-electron chi connectivity index (χ4n) is 6.92. The molecule has 3 atom stereocenters. The second kappa shape index (κ2) is 13.1. The highest BCUT2D eigenvalue weighted by Crippen LogP contribution is 2.52. The number of ketones is 1. The molecule has 0 spiro atoms. The number of hydrogen-bond donors (Lipinski definition) is 1. The first-order valence-corrected chi connectivity index (χ1v) is 18.4. The van der Waals surface area contributed by atoms with Crippen molar-refractivity contribution >= 4 is 38.2 Å². The molecule has 0 aliphatic carbocycles. The molecule has 1 aromatic heterocycles. The van der Waals surface area contributed by atoms with Crippen molar-refractivity contribution in [1.82, 2.24) is 20.3 Å². The first kappa shape index (κ1) is 32.0. The van der Waals surface area contributed by atoms with E-state index in [1.807, 2.05) is 60.3 Å². The summed E-state index contributed by atoms with van der Waals surface area (Å²) in [7, 11) is -4.01. The van der Waals surface area contributed by atoms with Gasteiger partial charge < -0.3 is 5.32 Å². The number of rotatable bonds is 10. The summed E-state index contributed by atoms with van der Waals surface area (Å²) in [6, 6.07) is 43.9. The number of carbonyl (C=O) groups excluding carboxylic acids is 1. The van der Waals surface area contributed by atoms with Crippen LogP contribution in [0.15, 0.2) is 138 Å². The Balaban J connectivity index is 1.31. The minimum Gasteiger partial charge on any atom is -0.310 e. The van der Waals surface area contributed by atoms with Crippen LogP contribution in [0.2, 0.25) is 0 Å². The summed E-state index contributed by atoms with van der Waals surface area (Å²) >= 11 is 1.84. The molecule has 9 heteroatoms. The molecular formula is C39H36N4O3S2. The van der Waals surface area contributed by atoms with Gasteiger partial charge in [0.2, 0.25) is 9.84 Å². The zero-order valence-electron chi connectivity index (χ0n) is 26.7. The van der Waals surface area contributed by atoms with Gasteiger partial charge in [-0.05, 0) is 52.9 Å². The Morgan fingerprint density at radius 3 is 1.90 bits per heavy atom. The van der Waals surface area contributed by atoms with Crippen LogP contribution in [0.5, 0.6) is 0 Å². The van der Waals surface area contributed by atoms with E-state index in [-0.39, 0.29) is 21.6 Å². The van der Waals surface area contributed by atoms with E-state index in [1.54, 1.807) is 19.1 Å². The molecule has 7 rings (SSSR count). The molecule has 2 heterocycles. The Morgan fingerprint density at radius 1 is 0.812 bits per heavy atom. The van der Waals surface area contributed by atoms with Crippen LogP contribution in [0.25, 0.3) is 10.8 Å². The molecule has 242 valence electrons. The van der Waals surface area contributed by atoms with Gasteiger partial charge in [-0.1, -0.05) is 127 Å². The molecular weight excluding hydrogens is 637 g/mol. The molecule has 0 radical (unpaired) electrons. The average Bonchev–Trinajstić information content (AvgIpc) is 3.74. The van der Waals surface area contributed by atoms with Gasteiger partial charge in [-0.25, -0.2) is 13.1 Å². The van der Waals surface area contributed by atoms with Crippen molar-refractivity contribution in [2.24, 2.45) is 0 Å². The monoisotopic (exact) mass is 672 g/mol. The summed E-state index contributed by atoms with van der Waals surface area (Å²) in [5.41, 5.74) is 4.05. The van der Waals surface area contributed by atoms with E-state index in [1.165, 1.54) is 11.6 Å². The third-order valence-electron chi connectivity index (χ3n) is 9.22. The second-order valence-electron chi connectivity index (χ2n) is 12.2. The quantitative estimate of drug-likeness (QED) is 0.120. The molecule has 48 heavy (non-hydrogen) atoms. The fourth-order valence-corrected chi connectivity index (χ4v) is 10.7. The maximum atomic E-state index is 14.7. The molecule has 0 saturated carbocycles. The molecule has 1 aliphatic rings. The molecule has 1 N–H and O–H groups in total. The van der Waals surface area contributed by atoms with Crippen molar-refractivity contribution in [3.8, 4) is 0 Å². The van der Waals surface area contributed by atoms with Crippen molar-refractivity contribution in [3.63, 3.8) is 0 Å². The summed E-state index contributed by atoms with van der Waals surface area (Å²) in [6.45, 7) is 3.72. The van der Waals surface area contributed by atoms with Gasteiger partial charge >= 0.3 is 0 Å². The third kappa shape index (κ3) is 5.76. The number of sulfone groups is 1. The number of benzene rings is 5. The summed E-state index contributed by atoms with van der Waals surface area (Å²) < 4.78 is 30.3. The number of Topliss-reactive ketones (excluding diaryl/α,β-unsaturated/α-hetero) is 1. The van der Waals surface area contributed by atoms with Crippen LogP contribution < -0.4 is 5.32 Å². The Bertz CT molecular complexity index is 2070. The molecule has 0 bridgehead atoms. The smallest absolute Gasteiger partial charge is 0.203 e. The van der Waals surface area contributed by atoms with Gasteiger partial charge in [-0.15, -0.1) is 16.9 Å². The van der Waals surface area contributed by atoms with Crippen LogP contribution in [-0.4, -0.2) is 47.0 Å². The molecule has 6 aromatic rings. The lowest BCUT2D eigenvalue weighted by molar-refractivity contribution is 0.101. The summed E-state index contributed by atoms with van der Waals surface area (Å²) in [5, 5.41) is 12.7. The predicted octanol–water partition coefficient (Wildman–Crippen LogP) is 7.37. The number of hydrogen-bond acceptors (Lipinski definition) is 7. The number of fused-ring (bicyclic) bond motifs is 1. The van der Waals surface area contributed by atoms with E-state index < -0.39 is 26.0 Å². The SMILES string of the molecule is CC(=O)c1nnn(C(C2CC(SC(c3ccccc3)(c3ccccc3)c3ccccc3)CN2)S(=O)(=O)c2ccc3ccccc3c2)c1C. The summed E-state index contributed by atoms with van der Waals surface area (Å²) in [5.74, 6) is -0.258.